The van der Waals surface area contributed by atoms with Crippen LogP contribution in [-0.4, -0.2) is 37.2 Å². The van der Waals surface area contributed by atoms with Gasteiger partial charge in [-0.2, -0.15) is 0 Å². The zero-order chi connectivity index (χ0) is 44.5. The predicted octanol–water partition coefficient (Wildman–Crippen LogP) is 17.8. The molecule has 0 amide bonds. The van der Waals surface area contributed by atoms with Gasteiger partial charge in [0.25, 0.3) is 0 Å². The highest BCUT2D eigenvalue weighted by Crippen LogP contribution is 2.18. The minimum atomic E-state index is -0.760. The fourth-order valence-electron chi connectivity index (χ4n) is 8.39. The largest absolute Gasteiger partial charge is 0.462 e. The minimum absolute atomic E-state index is 0.0623. The molecule has 0 aromatic heterocycles. The molecule has 0 unspecified atom stereocenters. The van der Waals surface area contributed by atoms with Crippen molar-refractivity contribution in [1.82, 2.24) is 0 Å². The van der Waals surface area contributed by atoms with Crippen molar-refractivity contribution >= 4 is 17.9 Å². The Morgan fingerprint density at radius 2 is 0.541 bits per heavy atom. The molecule has 0 aliphatic heterocycles. The van der Waals surface area contributed by atoms with Crippen LogP contribution in [0.1, 0.15) is 310 Å². The van der Waals surface area contributed by atoms with Crippen LogP contribution in [0.25, 0.3) is 0 Å². The maximum Gasteiger partial charge on any atom is 0.306 e. The Bertz CT molecular complexity index is 918. The van der Waals surface area contributed by atoms with Crippen molar-refractivity contribution in [1.29, 1.82) is 0 Å². The molecule has 0 aliphatic carbocycles. The summed E-state index contributed by atoms with van der Waals surface area (Å²) in [5, 5.41) is 0. The van der Waals surface area contributed by atoms with E-state index in [0.717, 1.165) is 63.7 Å². The summed E-state index contributed by atoms with van der Waals surface area (Å²) in [6, 6.07) is 0. The van der Waals surface area contributed by atoms with E-state index in [0.29, 0.717) is 19.3 Å². The Morgan fingerprint density at radius 3 is 0.803 bits per heavy atom. The van der Waals surface area contributed by atoms with Crippen molar-refractivity contribution in [3.63, 3.8) is 0 Å². The van der Waals surface area contributed by atoms with Crippen molar-refractivity contribution < 1.29 is 28.6 Å². The first-order valence-electron chi connectivity index (χ1n) is 27.4. The maximum atomic E-state index is 12.8. The van der Waals surface area contributed by atoms with Gasteiger partial charge in [0.2, 0.25) is 0 Å². The number of rotatable bonds is 50. The lowest BCUT2D eigenvalue weighted by atomic mass is 10.0. The highest BCUT2D eigenvalue weighted by atomic mass is 16.6. The molecule has 0 rings (SSSR count). The van der Waals surface area contributed by atoms with E-state index in [4.69, 9.17) is 14.2 Å². The number of hydrogen-bond acceptors (Lipinski definition) is 6. The van der Waals surface area contributed by atoms with E-state index in [2.05, 4.69) is 27.7 Å². The molecule has 0 bridgehead atoms. The van der Waals surface area contributed by atoms with E-state index in [-0.39, 0.29) is 31.1 Å². The van der Waals surface area contributed by atoms with Gasteiger partial charge < -0.3 is 14.2 Å². The van der Waals surface area contributed by atoms with E-state index >= 15 is 0 Å². The van der Waals surface area contributed by atoms with Crippen molar-refractivity contribution in [2.45, 2.75) is 316 Å². The normalized spacial score (nSPS) is 12.0. The molecule has 0 spiro atoms. The summed E-state index contributed by atoms with van der Waals surface area (Å²) in [7, 11) is 0. The molecule has 61 heavy (non-hydrogen) atoms. The summed E-state index contributed by atoms with van der Waals surface area (Å²) in [5.41, 5.74) is 0. The van der Waals surface area contributed by atoms with E-state index < -0.39 is 6.10 Å². The number of ether oxygens (including phenoxy) is 3. The van der Waals surface area contributed by atoms with Crippen molar-refractivity contribution in [2.75, 3.05) is 13.2 Å². The van der Waals surface area contributed by atoms with E-state index in [1.807, 2.05) is 0 Å². The van der Waals surface area contributed by atoms with Gasteiger partial charge in [-0.25, -0.2) is 0 Å². The summed E-state index contributed by atoms with van der Waals surface area (Å²) in [4.78, 5) is 37.9. The summed E-state index contributed by atoms with van der Waals surface area (Å²) < 4.78 is 16.8. The van der Waals surface area contributed by atoms with Gasteiger partial charge in [-0.05, 0) is 25.2 Å². The third-order valence-electron chi connectivity index (χ3n) is 12.5. The first-order valence-corrected chi connectivity index (χ1v) is 27.4. The molecule has 0 saturated heterocycles. The standard InChI is InChI=1S/C55H106O6/c1-5-7-9-11-13-15-16-23-28-32-36-40-44-48-55(58)61-52(49-59-53(56)46-42-38-34-29-14-12-10-8-6-2)50-60-54(57)47-43-39-35-31-27-25-22-20-18-17-19-21-24-26-30-33-37-41-45-51(3)4/h51-52H,5-50H2,1-4H3/t52-/m0/s1. The average molecular weight is 863 g/mol. The first-order chi connectivity index (χ1) is 29.9. The molecule has 0 aromatic rings. The lowest BCUT2D eigenvalue weighted by molar-refractivity contribution is -0.167. The summed E-state index contributed by atoms with van der Waals surface area (Å²) in [6.07, 6.45) is 52.4. The zero-order valence-electron chi connectivity index (χ0n) is 41.6. The number of hydrogen-bond donors (Lipinski definition) is 0. The second kappa shape index (κ2) is 49.4. The van der Waals surface area contributed by atoms with Crippen LogP contribution in [0.3, 0.4) is 0 Å². The third-order valence-corrected chi connectivity index (χ3v) is 12.5. The van der Waals surface area contributed by atoms with Crippen LogP contribution in [0.2, 0.25) is 0 Å². The second-order valence-corrected chi connectivity index (χ2v) is 19.3. The molecule has 6 heteroatoms. The molecule has 0 fully saturated rings. The zero-order valence-corrected chi connectivity index (χ0v) is 41.6. The van der Waals surface area contributed by atoms with E-state index in [1.54, 1.807) is 0 Å². The number of carbonyl (C=O) groups is 3. The van der Waals surface area contributed by atoms with Crippen LogP contribution < -0.4 is 0 Å². The molecule has 362 valence electrons. The number of carbonyl (C=O) groups excluding carboxylic acids is 3. The van der Waals surface area contributed by atoms with Gasteiger partial charge in [-0.3, -0.25) is 14.4 Å². The fraction of sp³-hybridized carbons (Fsp3) is 0.945. The highest BCUT2D eigenvalue weighted by molar-refractivity contribution is 5.71. The molecule has 0 heterocycles. The topological polar surface area (TPSA) is 78.9 Å². The Balaban J connectivity index is 4.17. The Kier molecular flexibility index (Phi) is 48.1. The summed E-state index contributed by atoms with van der Waals surface area (Å²) in [6.45, 7) is 9.04. The third kappa shape index (κ3) is 49.3. The van der Waals surface area contributed by atoms with Gasteiger partial charge in [0.15, 0.2) is 6.10 Å². The summed E-state index contributed by atoms with van der Waals surface area (Å²) in [5.74, 6) is 0.0159. The molecule has 0 saturated carbocycles. The summed E-state index contributed by atoms with van der Waals surface area (Å²) >= 11 is 0. The molecular weight excluding hydrogens is 757 g/mol. The van der Waals surface area contributed by atoms with Crippen LogP contribution in [0.15, 0.2) is 0 Å². The molecule has 0 aromatic carbocycles. The lowest BCUT2D eigenvalue weighted by Crippen LogP contribution is -2.30. The molecule has 0 radical (unpaired) electrons. The van der Waals surface area contributed by atoms with Crippen LogP contribution in [0.5, 0.6) is 0 Å². The van der Waals surface area contributed by atoms with E-state index in [9.17, 15) is 14.4 Å². The SMILES string of the molecule is CCCCCCCCCCCCCCCC(=O)O[C@@H](COC(=O)CCCCCCCCCCC)COC(=O)CCCCCCCCCCCCCCCCCCCCC(C)C. The van der Waals surface area contributed by atoms with Gasteiger partial charge in [0.05, 0.1) is 0 Å². The quantitative estimate of drug-likeness (QED) is 0.0344. The molecular formula is C55H106O6. The first kappa shape index (κ1) is 59.4. The smallest absolute Gasteiger partial charge is 0.306 e. The number of esters is 3. The molecule has 0 N–H and O–H groups in total. The van der Waals surface area contributed by atoms with Crippen LogP contribution >= 0.6 is 0 Å². The maximum absolute atomic E-state index is 12.8. The van der Waals surface area contributed by atoms with Gasteiger partial charge in [-0.15, -0.1) is 0 Å². The Hall–Kier alpha value is -1.59. The Labute approximate surface area is 380 Å². The average Bonchev–Trinajstić information content (AvgIpc) is 3.24. The monoisotopic (exact) mass is 863 g/mol. The van der Waals surface area contributed by atoms with Crippen LogP contribution in [0, 0.1) is 5.92 Å². The minimum Gasteiger partial charge on any atom is -0.462 e. The van der Waals surface area contributed by atoms with Crippen LogP contribution in [-0.2, 0) is 28.6 Å². The van der Waals surface area contributed by atoms with Gasteiger partial charge >= 0.3 is 17.9 Å². The van der Waals surface area contributed by atoms with Crippen molar-refractivity contribution in [2.24, 2.45) is 5.92 Å². The molecule has 6 nitrogen and oxygen atoms in total. The van der Waals surface area contributed by atoms with Gasteiger partial charge in [0.1, 0.15) is 13.2 Å². The van der Waals surface area contributed by atoms with Crippen LogP contribution in [0.4, 0.5) is 0 Å². The molecule has 0 aliphatic rings. The van der Waals surface area contributed by atoms with Gasteiger partial charge in [-0.1, -0.05) is 272 Å². The fourth-order valence-corrected chi connectivity index (χ4v) is 8.39. The van der Waals surface area contributed by atoms with Crippen molar-refractivity contribution in [3.8, 4) is 0 Å². The highest BCUT2D eigenvalue weighted by Gasteiger charge is 2.19. The van der Waals surface area contributed by atoms with Crippen molar-refractivity contribution in [3.05, 3.63) is 0 Å². The van der Waals surface area contributed by atoms with Gasteiger partial charge in [0, 0.05) is 19.3 Å². The second-order valence-electron chi connectivity index (χ2n) is 19.3. The predicted molar refractivity (Wildman–Crippen MR) is 261 cm³/mol. The molecule has 1 atom stereocenters. The Morgan fingerprint density at radius 1 is 0.311 bits per heavy atom. The number of unbranched alkanes of at least 4 members (excludes halogenated alkanes) is 37. The lowest BCUT2D eigenvalue weighted by Gasteiger charge is -2.18. The van der Waals surface area contributed by atoms with E-state index in [1.165, 1.54) is 205 Å².